The van der Waals surface area contributed by atoms with Crippen molar-refractivity contribution in [2.45, 2.75) is 31.4 Å². The summed E-state index contributed by atoms with van der Waals surface area (Å²) in [4.78, 5) is 11.6. The zero-order valence-corrected chi connectivity index (χ0v) is 11.2. The van der Waals surface area contributed by atoms with Gasteiger partial charge in [0.05, 0.1) is 0 Å². The number of halogens is 5. The summed E-state index contributed by atoms with van der Waals surface area (Å²) in [6.07, 6.45) is -8.39. The lowest BCUT2D eigenvalue weighted by Gasteiger charge is -2.19. The number of thioether (sulfide) groups is 1. The molecule has 20 heavy (non-hydrogen) atoms. The van der Waals surface area contributed by atoms with E-state index in [1.165, 1.54) is 0 Å². The highest BCUT2D eigenvalue weighted by Crippen LogP contribution is 2.31. The maximum absolute atomic E-state index is 13.0. The Morgan fingerprint density at radius 3 is 2.30 bits per heavy atom. The smallest absolute Gasteiger partial charge is 0.282 e. The first-order valence-corrected chi connectivity index (χ1v) is 6.85. The maximum atomic E-state index is 13.0. The molecule has 0 spiro atoms. The van der Waals surface area contributed by atoms with E-state index in [0.29, 0.717) is 5.56 Å². The van der Waals surface area contributed by atoms with Crippen LogP contribution in [0, 0.1) is 0 Å². The van der Waals surface area contributed by atoms with E-state index >= 15 is 0 Å². The minimum absolute atomic E-state index is 0.0271. The normalized spacial score (nSPS) is 13.5. The Bertz CT molecular complexity index is 424. The van der Waals surface area contributed by atoms with Gasteiger partial charge in [-0.1, -0.05) is 42.1 Å². The monoisotopic (exact) mass is 312 g/mol. The van der Waals surface area contributed by atoms with Crippen molar-refractivity contribution in [2.75, 3.05) is 5.75 Å². The third kappa shape index (κ3) is 5.11. The Morgan fingerprint density at radius 1 is 1.15 bits per heavy atom. The molecule has 7 heteroatoms. The van der Waals surface area contributed by atoms with Gasteiger partial charge in [0.15, 0.2) is 0 Å². The fourth-order valence-electron chi connectivity index (χ4n) is 1.45. The highest BCUT2D eigenvalue weighted by Gasteiger charge is 2.45. The van der Waals surface area contributed by atoms with Crippen molar-refractivity contribution < 1.29 is 26.7 Å². The first kappa shape index (κ1) is 16.9. The number of hydrogen-bond acceptors (Lipinski definition) is 2. The van der Waals surface area contributed by atoms with Crippen molar-refractivity contribution in [2.24, 2.45) is 0 Å². The summed E-state index contributed by atoms with van der Waals surface area (Å²) in [6.45, 7) is 0. The van der Waals surface area contributed by atoms with E-state index in [2.05, 4.69) is 0 Å². The molecule has 0 saturated carbocycles. The second-order valence-corrected chi connectivity index (χ2v) is 5.17. The lowest BCUT2D eigenvalue weighted by atomic mass is 10.1. The Hall–Kier alpha value is -1.11. The lowest BCUT2D eigenvalue weighted by Crippen LogP contribution is -2.35. The third-order valence-corrected chi connectivity index (χ3v) is 3.51. The van der Waals surface area contributed by atoms with Crippen molar-refractivity contribution in [3.05, 3.63) is 35.9 Å². The quantitative estimate of drug-likeness (QED) is 0.541. The molecule has 0 radical (unpaired) electrons. The van der Waals surface area contributed by atoms with E-state index < -0.39 is 24.9 Å². The van der Waals surface area contributed by atoms with Crippen LogP contribution in [-0.2, 0) is 0 Å². The van der Waals surface area contributed by atoms with Gasteiger partial charge < -0.3 is 0 Å². The van der Waals surface area contributed by atoms with E-state index in [1.54, 1.807) is 30.3 Å². The molecule has 1 nitrogen and oxygen atoms in total. The fourth-order valence-corrected chi connectivity index (χ4v) is 2.23. The van der Waals surface area contributed by atoms with Gasteiger partial charge in [-0.15, -0.1) is 0 Å². The topological polar surface area (TPSA) is 17.1 Å². The zero-order valence-electron chi connectivity index (χ0n) is 10.4. The van der Waals surface area contributed by atoms with Crippen LogP contribution in [-0.4, -0.2) is 29.4 Å². The first-order chi connectivity index (χ1) is 9.34. The van der Waals surface area contributed by atoms with Crippen LogP contribution in [0.25, 0.3) is 0 Å². The van der Waals surface area contributed by atoms with Crippen LogP contribution in [0.3, 0.4) is 0 Å². The van der Waals surface area contributed by atoms with Gasteiger partial charge >= 0.3 is 0 Å². The minimum Gasteiger partial charge on any atom is -0.282 e. The number of carbonyl (C=O) groups is 1. The summed E-state index contributed by atoms with van der Waals surface area (Å²) in [7, 11) is 0. The largest absolute Gasteiger partial charge is 0.284 e. The van der Waals surface area contributed by atoms with Crippen LogP contribution in [0.5, 0.6) is 0 Å². The summed E-state index contributed by atoms with van der Waals surface area (Å²) >= 11 is 0.808. The molecule has 1 aromatic carbocycles. The Balaban J connectivity index is 2.33. The molecule has 1 unspecified atom stereocenters. The average Bonchev–Trinajstić information content (AvgIpc) is 2.43. The van der Waals surface area contributed by atoms with Crippen molar-refractivity contribution in [1.29, 1.82) is 0 Å². The van der Waals surface area contributed by atoms with Crippen molar-refractivity contribution in [3.63, 3.8) is 0 Å². The molecule has 0 fully saturated rings. The summed E-state index contributed by atoms with van der Waals surface area (Å²) in [5.41, 5.74) is 0.431. The molecule has 0 saturated heterocycles. The van der Waals surface area contributed by atoms with Gasteiger partial charge in [-0.2, -0.15) is 0 Å². The van der Waals surface area contributed by atoms with Gasteiger partial charge in [0.1, 0.15) is 0 Å². The molecule has 0 aromatic heterocycles. The van der Waals surface area contributed by atoms with E-state index in [0.717, 1.165) is 11.8 Å². The first-order valence-electron chi connectivity index (χ1n) is 5.87. The highest BCUT2D eigenvalue weighted by atomic mass is 32.2. The summed E-state index contributed by atoms with van der Waals surface area (Å²) in [5.74, 6) is -4.04. The molecular weight excluding hydrogens is 299 g/mol. The number of hydrogen-bond donors (Lipinski definition) is 0. The average molecular weight is 312 g/mol. The molecule has 0 aliphatic rings. The van der Waals surface area contributed by atoms with Gasteiger partial charge in [-0.3, -0.25) is 4.79 Å². The molecule has 1 atom stereocenters. The third-order valence-electron chi connectivity index (χ3n) is 2.52. The second kappa shape index (κ2) is 7.61. The number of rotatable bonds is 7. The van der Waals surface area contributed by atoms with Crippen LogP contribution >= 0.6 is 11.8 Å². The molecule has 1 rings (SSSR count). The lowest BCUT2D eigenvalue weighted by molar-refractivity contribution is -0.131. The second-order valence-electron chi connectivity index (χ2n) is 4.10. The number of carbonyl (C=O) groups excluding carboxylic acids is 1. The summed E-state index contributed by atoms with van der Waals surface area (Å²) in [5, 5.41) is -0.292. The fraction of sp³-hybridized carbons (Fsp3) is 0.462. The molecule has 0 aliphatic heterocycles. The molecule has 0 heterocycles. The standard InChI is InChI=1S/C13H13F5OS/c14-10(11(15)16)13(17,18)7-4-8-20-12(19)9-5-2-1-3-6-9/h1-3,5-6,10-11H,4,7-8H2. The van der Waals surface area contributed by atoms with Crippen LogP contribution < -0.4 is 0 Å². The summed E-state index contributed by atoms with van der Waals surface area (Å²) < 4.78 is 62.2. The van der Waals surface area contributed by atoms with Gasteiger partial charge in [-0.25, -0.2) is 22.0 Å². The minimum atomic E-state index is -4.06. The molecule has 0 bridgehead atoms. The SMILES string of the molecule is O=C(SCCCC(F)(F)C(F)C(F)F)c1ccccc1. The van der Waals surface area contributed by atoms with E-state index in [-0.39, 0.29) is 17.3 Å². The predicted molar refractivity (Wildman–Crippen MR) is 68.3 cm³/mol. The van der Waals surface area contributed by atoms with E-state index in [9.17, 15) is 26.7 Å². The van der Waals surface area contributed by atoms with Crippen LogP contribution in [0.1, 0.15) is 23.2 Å². The van der Waals surface area contributed by atoms with E-state index in [4.69, 9.17) is 0 Å². The summed E-state index contributed by atoms with van der Waals surface area (Å²) in [6, 6.07) is 8.22. The molecule has 112 valence electrons. The number of benzene rings is 1. The molecular formula is C13H13F5OS. The van der Waals surface area contributed by atoms with Gasteiger partial charge in [0.25, 0.3) is 12.3 Å². The van der Waals surface area contributed by atoms with Crippen molar-refractivity contribution >= 4 is 16.9 Å². The van der Waals surface area contributed by atoms with Crippen LogP contribution in [0.15, 0.2) is 30.3 Å². The van der Waals surface area contributed by atoms with Crippen LogP contribution in [0.2, 0.25) is 0 Å². The van der Waals surface area contributed by atoms with Crippen molar-refractivity contribution in [3.8, 4) is 0 Å². The van der Waals surface area contributed by atoms with Gasteiger partial charge in [0.2, 0.25) is 11.3 Å². The zero-order chi connectivity index (χ0) is 15.2. The molecule has 0 N–H and O–H groups in total. The molecule has 0 aliphatic carbocycles. The Kier molecular flexibility index (Phi) is 6.45. The highest BCUT2D eigenvalue weighted by molar-refractivity contribution is 8.14. The predicted octanol–water partition coefficient (Wildman–Crippen LogP) is 4.58. The Morgan fingerprint density at radius 2 is 1.75 bits per heavy atom. The molecule has 1 aromatic rings. The maximum Gasteiger partial charge on any atom is 0.284 e. The molecule has 0 amide bonds. The van der Waals surface area contributed by atoms with Gasteiger partial charge in [-0.05, 0) is 6.42 Å². The van der Waals surface area contributed by atoms with E-state index in [1.807, 2.05) is 0 Å². The van der Waals surface area contributed by atoms with Crippen LogP contribution in [0.4, 0.5) is 22.0 Å². The Labute approximate surface area is 117 Å². The van der Waals surface area contributed by atoms with Crippen molar-refractivity contribution in [1.82, 2.24) is 0 Å². The van der Waals surface area contributed by atoms with Gasteiger partial charge in [0, 0.05) is 17.7 Å². The number of alkyl halides is 5.